The van der Waals surface area contributed by atoms with Crippen molar-refractivity contribution >= 4 is 0 Å². The molecule has 0 aromatic rings. The van der Waals surface area contributed by atoms with Gasteiger partial charge in [-0.1, -0.05) is 6.92 Å². The van der Waals surface area contributed by atoms with Crippen molar-refractivity contribution in [2.45, 2.75) is 38.8 Å². The molecule has 2 rings (SSSR count). The van der Waals surface area contributed by atoms with Crippen molar-refractivity contribution in [3.05, 3.63) is 0 Å². The highest BCUT2D eigenvalue weighted by atomic mass is 15.3. The van der Waals surface area contributed by atoms with E-state index in [1.54, 1.807) is 0 Å². The van der Waals surface area contributed by atoms with Gasteiger partial charge in [-0.2, -0.15) is 0 Å². The number of nitrogens with one attached hydrogen (secondary N) is 1. The normalized spacial score (nSPS) is 39.6. The van der Waals surface area contributed by atoms with Gasteiger partial charge in [0.1, 0.15) is 0 Å². The maximum Gasteiger partial charge on any atom is 0.0250 e. The van der Waals surface area contributed by atoms with Gasteiger partial charge in [-0.3, -0.25) is 4.90 Å². The van der Waals surface area contributed by atoms with Crippen molar-refractivity contribution in [1.82, 2.24) is 15.1 Å². The Morgan fingerprint density at radius 2 is 2.00 bits per heavy atom. The number of hydrogen-bond donors (Lipinski definition) is 1. The van der Waals surface area contributed by atoms with Gasteiger partial charge in [0.25, 0.3) is 0 Å². The SMILES string of the molecule is CC1CCNCC1N1CCCN(C)CC1C. The predicted molar refractivity (Wildman–Crippen MR) is 68.7 cm³/mol. The fourth-order valence-electron chi connectivity index (χ4n) is 3.30. The molecule has 2 aliphatic heterocycles. The highest BCUT2D eigenvalue weighted by Gasteiger charge is 2.31. The first-order valence-corrected chi connectivity index (χ1v) is 6.83. The second kappa shape index (κ2) is 5.48. The van der Waals surface area contributed by atoms with E-state index in [1.165, 1.54) is 45.6 Å². The first-order chi connectivity index (χ1) is 7.68. The maximum atomic E-state index is 3.56. The summed E-state index contributed by atoms with van der Waals surface area (Å²) in [6.45, 7) is 11.0. The molecule has 0 aromatic heterocycles. The number of hydrogen-bond acceptors (Lipinski definition) is 3. The van der Waals surface area contributed by atoms with Gasteiger partial charge in [0, 0.05) is 31.7 Å². The molecule has 0 radical (unpaired) electrons. The molecule has 0 aliphatic carbocycles. The van der Waals surface area contributed by atoms with Crippen LogP contribution in [0.1, 0.15) is 26.7 Å². The molecule has 0 saturated carbocycles. The average molecular weight is 225 g/mol. The lowest BCUT2D eigenvalue weighted by Crippen LogP contribution is -2.54. The third-order valence-corrected chi connectivity index (χ3v) is 4.31. The molecule has 0 bridgehead atoms. The van der Waals surface area contributed by atoms with Gasteiger partial charge in [0.05, 0.1) is 0 Å². The minimum Gasteiger partial charge on any atom is -0.315 e. The lowest BCUT2D eigenvalue weighted by Gasteiger charge is -2.41. The monoisotopic (exact) mass is 225 g/mol. The summed E-state index contributed by atoms with van der Waals surface area (Å²) >= 11 is 0. The van der Waals surface area contributed by atoms with Crippen molar-refractivity contribution in [2.24, 2.45) is 5.92 Å². The average Bonchev–Trinajstić information content (AvgIpc) is 2.40. The Balaban J connectivity index is 2.00. The highest BCUT2D eigenvalue weighted by molar-refractivity contribution is 4.88. The van der Waals surface area contributed by atoms with Crippen molar-refractivity contribution < 1.29 is 0 Å². The largest absolute Gasteiger partial charge is 0.315 e. The first kappa shape index (κ1) is 12.3. The number of likely N-dealkylation sites (N-methyl/N-ethyl adjacent to an activating group) is 1. The van der Waals surface area contributed by atoms with Crippen molar-refractivity contribution in [1.29, 1.82) is 0 Å². The summed E-state index contributed by atoms with van der Waals surface area (Å²) in [7, 11) is 2.25. The zero-order valence-corrected chi connectivity index (χ0v) is 11.1. The number of nitrogens with zero attached hydrogens (tertiary/aromatic N) is 2. The topological polar surface area (TPSA) is 18.5 Å². The van der Waals surface area contributed by atoms with E-state index in [9.17, 15) is 0 Å². The second-order valence-corrected chi connectivity index (χ2v) is 5.74. The Bertz CT molecular complexity index is 219. The Labute approximate surface area is 100 Å². The van der Waals surface area contributed by atoms with Crippen LogP contribution < -0.4 is 5.32 Å². The second-order valence-electron chi connectivity index (χ2n) is 5.74. The van der Waals surface area contributed by atoms with Crippen LogP contribution in [0.15, 0.2) is 0 Å². The standard InChI is InChI=1S/C13H27N3/c1-11-5-6-14-9-13(11)16-8-4-7-15(3)10-12(16)2/h11-14H,4-10H2,1-3H3. The summed E-state index contributed by atoms with van der Waals surface area (Å²) in [6.07, 6.45) is 2.66. The minimum atomic E-state index is 0.708. The molecule has 0 amide bonds. The summed E-state index contributed by atoms with van der Waals surface area (Å²) in [5.74, 6) is 0.854. The summed E-state index contributed by atoms with van der Waals surface area (Å²) in [5, 5.41) is 3.56. The van der Waals surface area contributed by atoms with E-state index in [2.05, 4.69) is 36.0 Å². The molecule has 16 heavy (non-hydrogen) atoms. The molecule has 2 aliphatic rings. The lowest BCUT2D eigenvalue weighted by molar-refractivity contribution is 0.0866. The van der Waals surface area contributed by atoms with E-state index in [4.69, 9.17) is 0 Å². The van der Waals surface area contributed by atoms with Crippen LogP contribution in [-0.2, 0) is 0 Å². The molecule has 0 spiro atoms. The molecule has 3 heteroatoms. The van der Waals surface area contributed by atoms with Gasteiger partial charge in [0.2, 0.25) is 0 Å². The third kappa shape index (κ3) is 2.76. The number of piperidine rings is 1. The molecule has 3 nitrogen and oxygen atoms in total. The predicted octanol–water partition coefficient (Wildman–Crippen LogP) is 1.01. The van der Waals surface area contributed by atoms with Gasteiger partial charge >= 0.3 is 0 Å². The van der Waals surface area contributed by atoms with Crippen LogP contribution in [-0.4, -0.2) is 61.7 Å². The van der Waals surface area contributed by atoms with Crippen LogP contribution in [0.3, 0.4) is 0 Å². The van der Waals surface area contributed by atoms with E-state index in [1.807, 2.05) is 0 Å². The van der Waals surface area contributed by atoms with Crippen molar-refractivity contribution in [3.8, 4) is 0 Å². The quantitative estimate of drug-likeness (QED) is 0.718. The summed E-state index contributed by atoms with van der Waals surface area (Å²) in [6, 6.07) is 1.47. The molecule has 1 N–H and O–H groups in total. The zero-order valence-electron chi connectivity index (χ0n) is 11.1. The van der Waals surface area contributed by atoms with Crippen LogP contribution >= 0.6 is 0 Å². The molecular formula is C13H27N3. The van der Waals surface area contributed by atoms with Crippen molar-refractivity contribution in [3.63, 3.8) is 0 Å². The van der Waals surface area contributed by atoms with E-state index in [0.29, 0.717) is 6.04 Å². The van der Waals surface area contributed by atoms with Crippen LogP contribution in [0.25, 0.3) is 0 Å². The molecule has 2 fully saturated rings. The molecule has 94 valence electrons. The molecule has 2 heterocycles. The van der Waals surface area contributed by atoms with Gasteiger partial charge in [-0.15, -0.1) is 0 Å². The fourth-order valence-corrected chi connectivity index (χ4v) is 3.30. The highest BCUT2D eigenvalue weighted by Crippen LogP contribution is 2.21. The van der Waals surface area contributed by atoms with Crippen molar-refractivity contribution in [2.75, 3.05) is 39.8 Å². The first-order valence-electron chi connectivity index (χ1n) is 6.83. The van der Waals surface area contributed by atoms with Crippen LogP contribution in [0.2, 0.25) is 0 Å². The van der Waals surface area contributed by atoms with Crippen LogP contribution in [0.5, 0.6) is 0 Å². The van der Waals surface area contributed by atoms with Gasteiger partial charge in [-0.05, 0) is 45.8 Å². The van der Waals surface area contributed by atoms with Crippen LogP contribution in [0, 0.1) is 5.92 Å². The van der Waals surface area contributed by atoms with E-state index in [0.717, 1.165) is 12.0 Å². The molecule has 0 aromatic carbocycles. The van der Waals surface area contributed by atoms with E-state index >= 15 is 0 Å². The Morgan fingerprint density at radius 1 is 1.19 bits per heavy atom. The number of rotatable bonds is 1. The summed E-state index contributed by atoms with van der Waals surface area (Å²) in [5.41, 5.74) is 0. The fraction of sp³-hybridized carbons (Fsp3) is 1.00. The molecular weight excluding hydrogens is 198 g/mol. The van der Waals surface area contributed by atoms with Crippen LogP contribution in [0.4, 0.5) is 0 Å². The summed E-state index contributed by atoms with van der Waals surface area (Å²) in [4.78, 5) is 5.23. The Kier molecular flexibility index (Phi) is 4.22. The van der Waals surface area contributed by atoms with Gasteiger partial charge in [-0.25, -0.2) is 0 Å². The third-order valence-electron chi connectivity index (χ3n) is 4.31. The van der Waals surface area contributed by atoms with Gasteiger partial charge < -0.3 is 10.2 Å². The lowest BCUT2D eigenvalue weighted by atomic mass is 9.92. The maximum absolute atomic E-state index is 3.56. The minimum absolute atomic E-state index is 0.708. The van der Waals surface area contributed by atoms with E-state index in [-0.39, 0.29) is 0 Å². The van der Waals surface area contributed by atoms with Gasteiger partial charge in [0.15, 0.2) is 0 Å². The molecule has 2 saturated heterocycles. The Hall–Kier alpha value is -0.120. The molecule has 3 unspecified atom stereocenters. The Morgan fingerprint density at radius 3 is 2.75 bits per heavy atom. The summed E-state index contributed by atoms with van der Waals surface area (Å²) < 4.78 is 0. The smallest absolute Gasteiger partial charge is 0.0250 e. The van der Waals surface area contributed by atoms with E-state index < -0.39 is 0 Å². The molecule has 3 atom stereocenters. The zero-order chi connectivity index (χ0) is 11.5.